The van der Waals surface area contributed by atoms with Gasteiger partial charge in [0.25, 0.3) is 0 Å². The van der Waals surface area contributed by atoms with E-state index in [4.69, 9.17) is 0 Å². The quantitative estimate of drug-likeness (QED) is 0.354. The van der Waals surface area contributed by atoms with Gasteiger partial charge in [-0.15, -0.1) is 22.7 Å². The lowest BCUT2D eigenvalue weighted by Crippen LogP contribution is -1.76. The largest absolute Gasteiger partial charge is 0.134 e. The van der Waals surface area contributed by atoms with Crippen molar-refractivity contribution < 1.29 is 0 Å². The van der Waals surface area contributed by atoms with Gasteiger partial charge in [-0.2, -0.15) is 0 Å². The Balaban J connectivity index is 1.85. The smallest absolute Gasteiger partial charge is 0.0705 e. The van der Waals surface area contributed by atoms with E-state index in [-0.39, 0.29) is 0 Å². The van der Waals surface area contributed by atoms with E-state index in [0.717, 1.165) is 0 Å². The SMILES string of the molecule is Brc1ccc(-c2ccc(-c3cccc4ccccc34)s2)s1. The van der Waals surface area contributed by atoms with Gasteiger partial charge in [0.2, 0.25) is 0 Å². The van der Waals surface area contributed by atoms with Crippen LogP contribution in [0.15, 0.2) is 70.5 Å². The second kappa shape index (κ2) is 5.41. The molecule has 0 saturated heterocycles. The normalized spacial score (nSPS) is 11.1. The first-order valence-electron chi connectivity index (χ1n) is 6.65. The van der Waals surface area contributed by atoms with Crippen LogP contribution in [0, 0.1) is 0 Å². The minimum absolute atomic E-state index is 1.18. The van der Waals surface area contributed by atoms with Gasteiger partial charge in [0.1, 0.15) is 0 Å². The predicted octanol–water partition coefficient (Wildman–Crippen LogP) is 7.06. The maximum Gasteiger partial charge on any atom is 0.0705 e. The predicted molar refractivity (Wildman–Crippen MR) is 98.3 cm³/mol. The molecule has 0 radical (unpaired) electrons. The van der Waals surface area contributed by atoms with Crippen LogP contribution in [0.2, 0.25) is 0 Å². The summed E-state index contributed by atoms with van der Waals surface area (Å²) in [5.41, 5.74) is 1.32. The zero-order valence-corrected chi connectivity index (χ0v) is 14.3. The first-order chi connectivity index (χ1) is 10.3. The average Bonchev–Trinajstić information content (AvgIpc) is 3.15. The number of hydrogen-bond donors (Lipinski definition) is 0. The van der Waals surface area contributed by atoms with E-state index in [1.54, 1.807) is 11.3 Å². The summed E-state index contributed by atoms with van der Waals surface area (Å²) in [6.07, 6.45) is 0. The second-order valence-electron chi connectivity index (χ2n) is 4.79. The zero-order chi connectivity index (χ0) is 14.2. The summed E-state index contributed by atoms with van der Waals surface area (Å²) in [6.45, 7) is 0. The molecule has 21 heavy (non-hydrogen) atoms. The molecule has 0 N–H and O–H groups in total. The third-order valence-corrected chi connectivity index (χ3v) is 6.42. The third-order valence-electron chi connectivity index (χ3n) is 3.48. The molecule has 0 atom stereocenters. The lowest BCUT2D eigenvalue weighted by atomic mass is 10.0. The molecule has 0 aliphatic carbocycles. The highest BCUT2D eigenvalue weighted by molar-refractivity contribution is 9.11. The first kappa shape index (κ1) is 13.3. The van der Waals surface area contributed by atoms with Gasteiger partial charge in [-0.25, -0.2) is 0 Å². The van der Waals surface area contributed by atoms with E-state index >= 15 is 0 Å². The van der Waals surface area contributed by atoms with E-state index in [9.17, 15) is 0 Å². The molecule has 4 rings (SSSR count). The van der Waals surface area contributed by atoms with Crippen molar-refractivity contribution in [3.8, 4) is 20.2 Å². The standard InChI is InChI=1S/C18H11BrS2/c19-18-11-10-17(21-18)16-9-8-15(20-16)14-7-3-5-12-4-1-2-6-13(12)14/h1-11H. The van der Waals surface area contributed by atoms with Gasteiger partial charge < -0.3 is 0 Å². The lowest BCUT2D eigenvalue weighted by Gasteiger charge is -2.03. The summed E-state index contributed by atoms with van der Waals surface area (Å²) in [5, 5.41) is 2.62. The van der Waals surface area contributed by atoms with E-state index < -0.39 is 0 Å². The average molecular weight is 371 g/mol. The summed E-state index contributed by atoms with van der Waals surface area (Å²) >= 11 is 7.17. The minimum Gasteiger partial charge on any atom is -0.134 e. The molecule has 0 fully saturated rings. The Kier molecular flexibility index (Phi) is 3.42. The van der Waals surface area contributed by atoms with Crippen molar-refractivity contribution in [2.45, 2.75) is 0 Å². The molecule has 0 saturated carbocycles. The van der Waals surface area contributed by atoms with Crippen LogP contribution in [-0.2, 0) is 0 Å². The van der Waals surface area contributed by atoms with E-state index in [0.29, 0.717) is 0 Å². The summed E-state index contributed by atoms with van der Waals surface area (Å²) < 4.78 is 1.18. The fourth-order valence-corrected chi connectivity index (χ4v) is 5.02. The summed E-state index contributed by atoms with van der Waals surface area (Å²) in [4.78, 5) is 3.97. The molecule has 2 heterocycles. The second-order valence-corrected chi connectivity index (χ2v) is 8.34. The molecule has 0 aliphatic heterocycles. The molecular weight excluding hydrogens is 360 g/mol. The molecule has 0 nitrogen and oxygen atoms in total. The molecular formula is C18H11BrS2. The monoisotopic (exact) mass is 370 g/mol. The van der Waals surface area contributed by atoms with Crippen molar-refractivity contribution in [1.82, 2.24) is 0 Å². The van der Waals surface area contributed by atoms with Crippen LogP contribution in [-0.4, -0.2) is 0 Å². The fraction of sp³-hybridized carbons (Fsp3) is 0. The molecule has 0 amide bonds. The summed E-state index contributed by atoms with van der Waals surface area (Å²) in [5.74, 6) is 0. The molecule has 102 valence electrons. The van der Waals surface area contributed by atoms with Gasteiger partial charge in [-0.05, 0) is 56.5 Å². The molecule has 0 unspecified atom stereocenters. The van der Waals surface area contributed by atoms with E-state index in [1.165, 1.54) is 34.8 Å². The number of hydrogen-bond acceptors (Lipinski definition) is 2. The van der Waals surface area contributed by atoms with Crippen LogP contribution in [0.3, 0.4) is 0 Å². The van der Waals surface area contributed by atoms with Crippen molar-refractivity contribution in [3.63, 3.8) is 0 Å². The first-order valence-corrected chi connectivity index (χ1v) is 9.07. The Bertz CT molecular complexity index is 912. The van der Waals surface area contributed by atoms with Gasteiger partial charge in [-0.3, -0.25) is 0 Å². The number of fused-ring (bicyclic) bond motifs is 1. The Morgan fingerprint density at radius 2 is 1.33 bits per heavy atom. The van der Waals surface area contributed by atoms with Crippen LogP contribution >= 0.6 is 38.6 Å². The maximum atomic E-state index is 3.54. The van der Waals surface area contributed by atoms with Crippen molar-refractivity contribution in [3.05, 3.63) is 70.5 Å². The van der Waals surface area contributed by atoms with Crippen LogP contribution in [0.1, 0.15) is 0 Å². The van der Waals surface area contributed by atoms with Crippen molar-refractivity contribution >= 4 is 49.4 Å². The highest BCUT2D eigenvalue weighted by Gasteiger charge is 2.09. The molecule has 0 aliphatic rings. The molecule has 0 bridgehead atoms. The van der Waals surface area contributed by atoms with Crippen LogP contribution < -0.4 is 0 Å². The topological polar surface area (TPSA) is 0 Å². The van der Waals surface area contributed by atoms with Crippen molar-refractivity contribution in [1.29, 1.82) is 0 Å². The highest BCUT2D eigenvalue weighted by atomic mass is 79.9. The Morgan fingerprint density at radius 3 is 2.19 bits per heavy atom. The minimum atomic E-state index is 1.18. The lowest BCUT2D eigenvalue weighted by molar-refractivity contribution is 1.74. The Morgan fingerprint density at radius 1 is 0.619 bits per heavy atom. The van der Waals surface area contributed by atoms with Gasteiger partial charge in [0.15, 0.2) is 0 Å². The molecule has 0 spiro atoms. The van der Waals surface area contributed by atoms with Crippen molar-refractivity contribution in [2.24, 2.45) is 0 Å². The Labute approximate surface area is 139 Å². The fourth-order valence-electron chi connectivity index (χ4n) is 2.50. The molecule has 3 heteroatoms. The Hall–Kier alpha value is -1.42. The van der Waals surface area contributed by atoms with Gasteiger partial charge in [-0.1, -0.05) is 42.5 Å². The third kappa shape index (κ3) is 2.46. The molecule has 4 aromatic rings. The maximum absolute atomic E-state index is 3.54. The van der Waals surface area contributed by atoms with E-state index in [1.807, 2.05) is 11.3 Å². The summed E-state index contributed by atoms with van der Waals surface area (Å²) in [7, 11) is 0. The van der Waals surface area contributed by atoms with Crippen LogP contribution in [0.25, 0.3) is 31.0 Å². The van der Waals surface area contributed by atoms with Crippen molar-refractivity contribution in [2.75, 3.05) is 0 Å². The van der Waals surface area contributed by atoms with Crippen LogP contribution in [0.4, 0.5) is 0 Å². The van der Waals surface area contributed by atoms with Gasteiger partial charge in [0, 0.05) is 14.6 Å². The highest BCUT2D eigenvalue weighted by Crippen LogP contribution is 2.40. The number of halogens is 1. The molecule has 2 aromatic carbocycles. The van der Waals surface area contributed by atoms with E-state index in [2.05, 4.69) is 82.7 Å². The van der Waals surface area contributed by atoms with Gasteiger partial charge >= 0.3 is 0 Å². The number of rotatable bonds is 2. The summed E-state index contributed by atoms with van der Waals surface area (Å²) in [6, 6.07) is 23.8. The zero-order valence-electron chi connectivity index (χ0n) is 11.0. The van der Waals surface area contributed by atoms with Gasteiger partial charge in [0.05, 0.1) is 3.79 Å². The van der Waals surface area contributed by atoms with Crippen LogP contribution in [0.5, 0.6) is 0 Å². The number of thiophene rings is 2. The number of benzene rings is 2. The molecule has 2 aromatic heterocycles.